The number of allylic oxidation sites excluding steroid dienone is 1. The molecule has 0 bridgehead atoms. The van der Waals surface area contributed by atoms with Crippen LogP contribution in [0.4, 0.5) is 0 Å². The van der Waals surface area contributed by atoms with Crippen LogP contribution in [0.3, 0.4) is 0 Å². The van der Waals surface area contributed by atoms with Crippen LogP contribution in [0.25, 0.3) is 0 Å². The summed E-state index contributed by atoms with van der Waals surface area (Å²) < 4.78 is 18.4. The van der Waals surface area contributed by atoms with Crippen molar-refractivity contribution in [2.45, 2.75) is 123 Å². The van der Waals surface area contributed by atoms with Crippen LogP contribution in [0.5, 0.6) is 0 Å². The smallest absolute Gasteiger partial charge is 0.302 e. The summed E-state index contributed by atoms with van der Waals surface area (Å²) in [5.74, 6) is 0.655. The van der Waals surface area contributed by atoms with E-state index in [4.69, 9.17) is 14.2 Å². The molecule has 5 rings (SSSR count). The highest BCUT2D eigenvalue weighted by molar-refractivity contribution is 5.93. The van der Waals surface area contributed by atoms with E-state index in [1.165, 1.54) is 13.8 Å². The Morgan fingerprint density at radius 2 is 1.69 bits per heavy atom. The Balaban J connectivity index is 1.48. The maximum atomic E-state index is 13.0. The van der Waals surface area contributed by atoms with Crippen LogP contribution in [0.15, 0.2) is 11.6 Å². The SMILES string of the molecule is C/C=C(\C)C(=O)N[C@@H]1[C@H](OC(C)=O)[C@@H]2CC[C@@H]3[C@H](CC[C@@]4(C)[C@H]3C[C@H]3O[C@]34[C@H](C)NC)[C@@]2(C)C[C@@H]1OC(C)=O. The zero-order chi connectivity index (χ0) is 28.5. The average Bonchev–Trinajstić information content (AvgIpc) is 3.55. The predicted octanol–water partition coefficient (Wildman–Crippen LogP) is 3.92. The van der Waals surface area contributed by atoms with Gasteiger partial charge in [0.15, 0.2) is 0 Å². The Labute approximate surface area is 233 Å². The molecule has 1 amide bonds. The van der Waals surface area contributed by atoms with Crippen molar-refractivity contribution in [3.63, 3.8) is 0 Å². The molecule has 0 unspecified atom stereocenters. The minimum atomic E-state index is -0.587. The second kappa shape index (κ2) is 9.86. The van der Waals surface area contributed by atoms with Crippen LogP contribution in [-0.2, 0) is 28.6 Å². The van der Waals surface area contributed by atoms with Gasteiger partial charge < -0.3 is 24.8 Å². The van der Waals surface area contributed by atoms with Crippen molar-refractivity contribution in [2.75, 3.05) is 7.05 Å². The van der Waals surface area contributed by atoms with Crippen LogP contribution >= 0.6 is 0 Å². The number of nitrogens with one attached hydrogen (secondary N) is 2. The van der Waals surface area contributed by atoms with E-state index in [9.17, 15) is 14.4 Å². The lowest BCUT2D eigenvalue weighted by Crippen LogP contribution is -2.67. The van der Waals surface area contributed by atoms with E-state index in [0.29, 0.717) is 41.9 Å². The fourth-order valence-corrected chi connectivity index (χ4v) is 10.1. The van der Waals surface area contributed by atoms with Crippen molar-refractivity contribution in [2.24, 2.45) is 34.5 Å². The average molecular weight is 545 g/mol. The first-order chi connectivity index (χ1) is 18.3. The summed E-state index contributed by atoms with van der Waals surface area (Å²) in [5, 5.41) is 6.59. The van der Waals surface area contributed by atoms with Gasteiger partial charge in [-0.05, 0) is 89.5 Å². The summed E-state index contributed by atoms with van der Waals surface area (Å²) in [6, 6.07) is -0.279. The lowest BCUT2D eigenvalue weighted by Gasteiger charge is -2.63. The molecule has 0 radical (unpaired) electrons. The van der Waals surface area contributed by atoms with Crippen LogP contribution in [0.2, 0.25) is 0 Å². The van der Waals surface area contributed by atoms with Crippen LogP contribution in [0.1, 0.15) is 87.0 Å². The highest BCUT2D eigenvalue weighted by Crippen LogP contribution is 2.74. The Morgan fingerprint density at radius 1 is 1.00 bits per heavy atom. The highest BCUT2D eigenvalue weighted by atomic mass is 16.6. The summed E-state index contributed by atoms with van der Waals surface area (Å²) in [5.41, 5.74) is 0.442. The van der Waals surface area contributed by atoms with Crippen molar-refractivity contribution >= 4 is 17.8 Å². The molecule has 5 fully saturated rings. The van der Waals surface area contributed by atoms with Gasteiger partial charge in [-0.15, -0.1) is 0 Å². The van der Waals surface area contributed by atoms with Gasteiger partial charge in [0, 0.05) is 36.8 Å². The predicted molar refractivity (Wildman–Crippen MR) is 146 cm³/mol. The fraction of sp³-hybridized carbons (Fsp3) is 0.839. The van der Waals surface area contributed by atoms with Crippen molar-refractivity contribution in [3.05, 3.63) is 11.6 Å². The third-order valence-electron chi connectivity index (χ3n) is 12.0. The van der Waals surface area contributed by atoms with Crippen LogP contribution < -0.4 is 10.6 Å². The number of rotatable bonds is 6. The third kappa shape index (κ3) is 4.18. The first-order valence-electron chi connectivity index (χ1n) is 15.0. The molecule has 8 heteroatoms. The first-order valence-corrected chi connectivity index (χ1v) is 15.0. The molecule has 4 aliphatic carbocycles. The number of hydrogen-bond donors (Lipinski definition) is 2. The number of hydrogen-bond acceptors (Lipinski definition) is 7. The van der Waals surface area contributed by atoms with E-state index >= 15 is 0 Å². The minimum absolute atomic E-state index is 0.0763. The maximum Gasteiger partial charge on any atom is 0.302 e. The summed E-state index contributed by atoms with van der Waals surface area (Å²) in [4.78, 5) is 37.7. The number of fused-ring (bicyclic) bond motifs is 7. The molecule has 218 valence electrons. The number of carbonyl (C=O) groups excluding carboxylic acids is 3. The van der Waals surface area contributed by atoms with E-state index < -0.39 is 18.2 Å². The lowest BCUT2D eigenvalue weighted by atomic mass is 9.43. The quantitative estimate of drug-likeness (QED) is 0.297. The molecule has 2 N–H and O–H groups in total. The Kier molecular flexibility index (Phi) is 7.23. The summed E-state index contributed by atoms with van der Waals surface area (Å²) in [6.07, 6.45) is 6.89. The second-order valence-corrected chi connectivity index (χ2v) is 13.6. The molecule has 1 heterocycles. The third-order valence-corrected chi connectivity index (χ3v) is 12.0. The van der Waals surface area contributed by atoms with Gasteiger partial charge in [0.2, 0.25) is 5.91 Å². The standard InChI is InChI=1S/C31H48N2O6/c1-9-16(2)28(36)33-26-24(37-18(4)34)15-29(6)21-12-13-30(7)23(14-25-31(30,39-25)17(3)32-8)20(21)10-11-22(29)27(26)38-19(5)35/h9,17,20-27,32H,10-15H2,1-8H3,(H,33,36)/b16-9+/t17-,20+,21-,22-,23-,24-,25+,26-,27+,29+,30-,31+/m0/s1. The molecule has 0 aromatic heterocycles. The minimum Gasteiger partial charge on any atom is -0.460 e. The monoisotopic (exact) mass is 544 g/mol. The number of esters is 2. The van der Waals surface area contributed by atoms with Gasteiger partial charge in [-0.1, -0.05) is 19.9 Å². The molecule has 0 aromatic rings. The molecule has 12 atom stereocenters. The van der Waals surface area contributed by atoms with Gasteiger partial charge in [-0.2, -0.15) is 0 Å². The second-order valence-electron chi connectivity index (χ2n) is 13.6. The van der Waals surface area contributed by atoms with Crippen molar-refractivity contribution < 1.29 is 28.6 Å². The zero-order valence-electron chi connectivity index (χ0n) is 25.0. The molecular formula is C31H48N2O6. The van der Waals surface area contributed by atoms with E-state index in [2.05, 4.69) is 31.4 Å². The van der Waals surface area contributed by atoms with Gasteiger partial charge in [-0.25, -0.2) is 0 Å². The van der Waals surface area contributed by atoms with Crippen molar-refractivity contribution in [3.8, 4) is 0 Å². The van der Waals surface area contributed by atoms with Crippen molar-refractivity contribution in [1.82, 2.24) is 10.6 Å². The van der Waals surface area contributed by atoms with E-state index in [1.54, 1.807) is 13.0 Å². The van der Waals surface area contributed by atoms with E-state index in [1.807, 2.05) is 14.0 Å². The molecule has 0 aromatic carbocycles. The van der Waals surface area contributed by atoms with E-state index in [-0.39, 0.29) is 40.2 Å². The molecule has 1 saturated heterocycles. The Hall–Kier alpha value is -1.93. The normalized spacial score (nSPS) is 47.0. The van der Waals surface area contributed by atoms with Gasteiger partial charge in [0.25, 0.3) is 0 Å². The van der Waals surface area contributed by atoms with E-state index in [0.717, 1.165) is 32.1 Å². The molecule has 39 heavy (non-hydrogen) atoms. The fourth-order valence-electron chi connectivity index (χ4n) is 10.1. The molecule has 1 aliphatic heterocycles. The molecule has 0 spiro atoms. The first kappa shape index (κ1) is 28.6. The van der Waals surface area contributed by atoms with Gasteiger partial charge in [-0.3, -0.25) is 14.4 Å². The molecule has 4 saturated carbocycles. The van der Waals surface area contributed by atoms with Crippen LogP contribution in [0, 0.1) is 34.5 Å². The largest absolute Gasteiger partial charge is 0.460 e. The lowest BCUT2D eigenvalue weighted by molar-refractivity contribution is -0.207. The van der Waals surface area contributed by atoms with Crippen LogP contribution in [-0.4, -0.2) is 60.9 Å². The van der Waals surface area contributed by atoms with Gasteiger partial charge in [0.05, 0.1) is 6.10 Å². The Morgan fingerprint density at radius 3 is 2.31 bits per heavy atom. The number of ether oxygens (including phenoxy) is 3. The van der Waals surface area contributed by atoms with Gasteiger partial charge >= 0.3 is 11.9 Å². The maximum absolute atomic E-state index is 13.0. The number of carbonyl (C=O) groups is 3. The van der Waals surface area contributed by atoms with Crippen molar-refractivity contribution in [1.29, 1.82) is 0 Å². The summed E-state index contributed by atoms with van der Waals surface area (Å²) >= 11 is 0. The Bertz CT molecular complexity index is 1060. The number of epoxide rings is 1. The molecular weight excluding hydrogens is 496 g/mol. The molecule has 5 aliphatic rings. The summed E-state index contributed by atoms with van der Waals surface area (Å²) in [7, 11) is 2.03. The number of amides is 1. The summed E-state index contributed by atoms with van der Waals surface area (Å²) in [6.45, 7) is 13.5. The topological polar surface area (TPSA) is 106 Å². The zero-order valence-corrected chi connectivity index (χ0v) is 25.0. The van der Waals surface area contributed by atoms with Gasteiger partial charge in [0.1, 0.15) is 23.9 Å². The number of likely N-dealkylation sites (N-methyl/N-ethyl adjacent to an activating group) is 1. The molecule has 8 nitrogen and oxygen atoms in total. The highest BCUT2D eigenvalue weighted by Gasteiger charge is 2.79.